The van der Waals surface area contributed by atoms with Crippen molar-refractivity contribution in [3.63, 3.8) is 0 Å². The van der Waals surface area contributed by atoms with Crippen molar-refractivity contribution in [2.45, 2.75) is 70.7 Å². The highest BCUT2D eigenvalue weighted by atomic mass is 28.4. The molecule has 0 spiro atoms. The molecule has 1 aliphatic carbocycles. The minimum Gasteiger partial charge on any atom is -0.409 e. The van der Waals surface area contributed by atoms with Crippen molar-refractivity contribution < 1.29 is 4.43 Å². The molecule has 0 N–H and O–H groups in total. The maximum absolute atomic E-state index is 6.78. The molecular formula is C21H30OSi. The number of hydrogen-bond acceptors (Lipinski definition) is 1. The van der Waals surface area contributed by atoms with Crippen molar-refractivity contribution in [1.29, 1.82) is 0 Å². The summed E-state index contributed by atoms with van der Waals surface area (Å²) in [6.45, 7) is 6.90. The van der Waals surface area contributed by atoms with Gasteiger partial charge in [0.2, 0.25) is 0 Å². The van der Waals surface area contributed by atoms with Crippen LogP contribution in [0.3, 0.4) is 0 Å². The average Bonchev–Trinajstić information content (AvgIpc) is 3.14. The molecule has 0 heterocycles. The van der Waals surface area contributed by atoms with Gasteiger partial charge in [-0.2, -0.15) is 0 Å². The van der Waals surface area contributed by atoms with Gasteiger partial charge in [-0.3, -0.25) is 0 Å². The van der Waals surface area contributed by atoms with E-state index in [0.717, 1.165) is 12.0 Å². The molecule has 1 atom stereocenters. The molecule has 1 aliphatic rings. The molecule has 1 unspecified atom stereocenters. The predicted molar refractivity (Wildman–Crippen MR) is 102 cm³/mol. The SMILES string of the molecule is CC[Si](CC)(CC)OC(CC#Cc1ccccc1)C1=CCCC1. The zero-order valence-electron chi connectivity index (χ0n) is 14.9. The highest BCUT2D eigenvalue weighted by Gasteiger charge is 2.33. The fraction of sp³-hybridized carbons (Fsp3) is 0.524. The molecule has 1 aromatic rings. The number of benzene rings is 1. The lowest BCUT2D eigenvalue weighted by Crippen LogP contribution is -2.40. The van der Waals surface area contributed by atoms with Gasteiger partial charge in [-0.15, -0.1) is 0 Å². The van der Waals surface area contributed by atoms with E-state index in [-0.39, 0.29) is 6.10 Å². The Labute approximate surface area is 143 Å². The normalized spacial score (nSPS) is 15.7. The van der Waals surface area contributed by atoms with Crippen LogP contribution in [0.15, 0.2) is 42.0 Å². The van der Waals surface area contributed by atoms with Crippen molar-refractivity contribution in [2.24, 2.45) is 0 Å². The maximum Gasteiger partial charge on any atom is 0.192 e. The lowest BCUT2D eigenvalue weighted by Gasteiger charge is -2.33. The van der Waals surface area contributed by atoms with E-state index < -0.39 is 8.32 Å². The van der Waals surface area contributed by atoms with E-state index in [4.69, 9.17) is 4.43 Å². The van der Waals surface area contributed by atoms with Crippen molar-refractivity contribution in [3.8, 4) is 11.8 Å². The van der Waals surface area contributed by atoms with Crippen molar-refractivity contribution in [2.75, 3.05) is 0 Å². The van der Waals surface area contributed by atoms with Crippen LogP contribution < -0.4 is 0 Å². The molecule has 0 aromatic heterocycles. The number of hydrogen-bond donors (Lipinski definition) is 0. The molecule has 0 bridgehead atoms. The van der Waals surface area contributed by atoms with Crippen molar-refractivity contribution in [1.82, 2.24) is 0 Å². The summed E-state index contributed by atoms with van der Waals surface area (Å²) in [5.74, 6) is 6.68. The summed E-state index contributed by atoms with van der Waals surface area (Å²) in [6.07, 6.45) is 7.13. The van der Waals surface area contributed by atoms with Crippen LogP contribution in [-0.4, -0.2) is 14.4 Å². The quantitative estimate of drug-likeness (QED) is 0.343. The standard InChI is InChI=1S/C21H30OSi/c1-4-23(5-2,6-3)22-21(20-16-10-11-17-20)18-12-15-19-13-8-7-9-14-19/h7-9,13-14,16,21H,4-6,10-11,17-18H2,1-3H3. The molecule has 0 fully saturated rings. The summed E-state index contributed by atoms with van der Waals surface area (Å²) < 4.78 is 6.78. The molecule has 0 saturated carbocycles. The lowest BCUT2D eigenvalue weighted by molar-refractivity contribution is 0.223. The third-order valence-electron chi connectivity index (χ3n) is 5.11. The van der Waals surface area contributed by atoms with Gasteiger partial charge < -0.3 is 4.43 Å². The van der Waals surface area contributed by atoms with Crippen LogP contribution in [0.5, 0.6) is 0 Å². The fourth-order valence-electron chi connectivity index (χ4n) is 3.31. The van der Waals surface area contributed by atoms with Gasteiger partial charge in [-0.25, -0.2) is 0 Å². The molecule has 0 radical (unpaired) electrons. The topological polar surface area (TPSA) is 9.23 Å². The molecule has 1 aromatic carbocycles. The highest BCUT2D eigenvalue weighted by molar-refractivity contribution is 6.73. The van der Waals surface area contributed by atoms with E-state index in [0.29, 0.717) is 0 Å². The van der Waals surface area contributed by atoms with Crippen LogP contribution in [-0.2, 0) is 4.43 Å². The Kier molecular flexibility index (Phi) is 7.14. The van der Waals surface area contributed by atoms with Gasteiger partial charge in [-0.05, 0) is 55.1 Å². The van der Waals surface area contributed by atoms with Crippen molar-refractivity contribution in [3.05, 3.63) is 47.5 Å². The number of allylic oxidation sites excluding steroid dienone is 1. The molecule has 23 heavy (non-hydrogen) atoms. The minimum absolute atomic E-state index is 0.222. The summed E-state index contributed by atoms with van der Waals surface area (Å²) in [6, 6.07) is 13.9. The average molecular weight is 327 g/mol. The Morgan fingerprint density at radius 2 is 1.78 bits per heavy atom. The largest absolute Gasteiger partial charge is 0.409 e. The second-order valence-electron chi connectivity index (χ2n) is 6.39. The van der Waals surface area contributed by atoms with Crippen LogP contribution in [0.25, 0.3) is 0 Å². The summed E-state index contributed by atoms with van der Waals surface area (Å²) in [5, 5.41) is 0. The zero-order valence-corrected chi connectivity index (χ0v) is 15.9. The van der Waals surface area contributed by atoms with Gasteiger partial charge in [-0.1, -0.05) is 56.9 Å². The third kappa shape index (κ3) is 5.09. The third-order valence-corrected chi connectivity index (χ3v) is 9.76. The van der Waals surface area contributed by atoms with Crippen LogP contribution >= 0.6 is 0 Å². The second kappa shape index (κ2) is 9.10. The van der Waals surface area contributed by atoms with E-state index in [1.165, 1.54) is 43.0 Å². The smallest absolute Gasteiger partial charge is 0.192 e. The van der Waals surface area contributed by atoms with E-state index >= 15 is 0 Å². The number of rotatable bonds is 7. The predicted octanol–water partition coefficient (Wildman–Crippen LogP) is 5.93. The first-order valence-electron chi connectivity index (χ1n) is 9.13. The molecular weight excluding hydrogens is 296 g/mol. The van der Waals surface area contributed by atoms with E-state index in [2.05, 4.69) is 50.8 Å². The molecule has 0 amide bonds. The van der Waals surface area contributed by atoms with Crippen LogP contribution in [0.4, 0.5) is 0 Å². The van der Waals surface area contributed by atoms with Gasteiger partial charge in [0.25, 0.3) is 0 Å². The Morgan fingerprint density at radius 1 is 1.09 bits per heavy atom. The molecule has 2 rings (SSSR count). The van der Waals surface area contributed by atoms with Gasteiger partial charge in [0.1, 0.15) is 0 Å². The Hall–Kier alpha value is -1.30. The minimum atomic E-state index is -1.59. The van der Waals surface area contributed by atoms with Gasteiger partial charge >= 0.3 is 0 Å². The first kappa shape index (κ1) is 18.0. The van der Waals surface area contributed by atoms with Crippen LogP contribution in [0.1, 0.15) is 52.0 Å². The Bertz CT molecular complexity index is 552. The van der Waals surface area contributed by atoms with Crippen LogP contribution in [0.2, 0.25) is 18.1 Å². The highest BCUT2D eigenvalue weighted by Crippen LogP contribution is 2.31. The first-order valence-corrected chi connectivity index (χ1v) is 11.7. The molecule has 124 valence electrons. The maximum atomic E-state index is 6.78. The van der Waals surface area contributed by atoms with Crippen molar-refractivity contribution >= 4 is 8.32 Å². The fourth-order valence-corrected chi connectivity index (χ4v) is 6.14. The zero-order chi connectivity index (χ0) is 16.5. The monoisotopic (exact) mass is 326 g/mol. The summed E-state index contributed by atoms with van der Waals surface area (Å²) in [4.78, 5) is 0. The summed E-state index contributed by atoms with van der Waals surface area (Å²) >= 11 is 0. The Balaban J connectivity index is 2.10. The summed E-state index contributed by atoms with van der Waals surface area (Å²) in [7, 11) is -1.59. The molecule has 2 heteroatoms. The van der Waals surface area contributed by atoms with E-state index in [9.17, 15) is 0 Å². The Morgan fingerprint density at radius 3 is 2.35 bits per heavy atom. The molecule has 0 aliphatic heterocycles. The van der Waals surface area contributed by atoms with E-state index in [1.807, 2.05) is 18.2 Å². The second-order valence-corrected chi connectivity index (χ2v) is 11.1. The lowest BCUT2D eigenvalue weighted by atomic mass is 10.1. The first-order chi connectivity index (χ1) is 11.2. The van der Waals surface area contributed by atoms with Gasteiger partial charge in [0.05, 0.1) is 6.10 Å². The van der Waals surface area contributed by atoms with E-state index in [1.54, 1.807) is 0 Å². The molecule has 0 saturated heterocycles. The van der Waals surface area contributed by atoms with Crippen LogP contribution in [0, 0.1) is 11.8 Å². The van der Waals surface area contributed by atoms with Gasteiger partial charge in [0, 0.05) is 12.0 Å². The summed E-state index contributed by atoms with van der Waals surface area (Å²) in [5.41, 5.74) is 2.59. The molecule has 1 nitrogen and oxygen atoms in total. The van der Waals surface area contributed by atoms with Gasteiger partial charge in [0.15, 0.2) is 8.32 Å².